The van der Waals surface area contributed by atoms with Gasteiger partial charge in [0.1, 0.15) is 4.90 Å². The van der Waals surface area contributed by atoms with Crippen LogP contribution in [0.4, 0.5) is 10.1 Å². The number of carboxylic acids is 1. The number of halogens is 2. The predicted octanol–water partition coefficient (Wildman–Crippen LogP) is 3.15. The Labute approximate surface area is 126 Å². The fourth-order valence-corrected chi connectivity index (χ4v) is 3.90. The first kappa shape index (κ1) is 14.9. The average molecular weight is 380 g/mol. The first-order valence-electron chi connectivity index (χ1n) is 5.08. The Morgan fingerprint density at radius 2 is 2.10 bits per heavy atom. The van der Waals surface area contributed by atoms with Gasteiger partial charge < -0.3 is 5.11 Å². The van der Waals surface area contributed by atoms with Gasteiger partial charge in [-0.05, 0) is 23.6 Å². The number of anilines is 1. The summed E-state index contributed by atoms with van der Waals surface area (Å²) in [6.07, 6.45) is 0. The lowest BCUT2D eigenvalue weighted by atomic mass is 10.2. The van der Waals surface area contributed by atoms with Crippen LogP contribution in [-0.4, -0.2) is 19.5 Å². The Balaban J connectivity index is 2.54. The van der Waals surface area contributed by atoms with Crippen molar-refractivity contribution in [1.82, 2.24) is 0 Å². The maximum atomic E-state index is 14.0. The summed E-state index contributed by atoms with van der Waals surface area (Å²) in [4.78, 5) is 10.2. The van der Waals surface area contributed by atoms with Crippen LogP contribution in [0.2, 0.25) is 0 Å². The molecule has 20 heavy (non-hydrogen) atoms. The normalized spacial score (nSPS) is 11.3. The Bertz CT molecular complexity index is 759. The first-order chi connectivity index (χ1) is 9.31. The Morgan fingerprint density at radius 3 is 2.65 bits per heavy atom. The second-order valence-electron chi connectivity index (χ2n) is 3.69. The molecule has 1 aromatic heterocycles. The molecular formula is C11H7BrFNO4S2. The quantitative estimate of drug-likeness (QED) is 0.854. The molecule has 0 amide bonds. The minimum absolute atomic E-state index is 0.155. The summed E-state index contributed by atoms with van der Waals surface area (Å²) < 4.78 is 40.5. The number of carbonyl (C=O) groups is 1. The number of thiophene rings is 1. The number of hydrogen-bond donors (Lipinski definition) is 2. The van der Waals surface area contributed by atoms with Crippen molar-refractivity contribution in [3.8, 4) is 0 Å². The summed E-state index contributed by atoms with van der Waals surface area (Å²) in [7, 11) is -4.20. The maximum absolute atomic E-state index is 14.0. The van der Waals surface area contributed by atoms with Crippen LogP contribution < -0.4 is 4.72 Å². The average Bonchev–Trinajstić information content (AvgIpc) is 2.83. The number of nitrogens with one attached hydrogen (secondary N) is 1. The van der Waals surface area contributed by atoms with Crippen LogP contribution in [0, 0.1) is 5.82 Å². The predicted molar refractivity (Wildman–Crippen MR) is 76.2 cm³/mol. The molecule has 5 nitrogen and oxygen atoms in total. The fourth-order valence-electron chi connectivity index (χ4n) is 1.45. The molecule has 0 bridgehead atoms. The van der Waals surface area contributed by atoms with Crippen LogP contribution in [0.25, 0.3) is 0 Å². The first-order valence-corrected chi connectivity index (χ1v) is 8.30. The molecule has 0 aliphatic heterocycles. The van der Waals surface area contributed by atoms with Crippen molar-refractivity contribution in [3.63, 3.8) is 0 Å². The van der Waals surface area contributed by atoms with E-state index in [0.29, 0.717) is 0 Å². The largest absolute Gasteiger partial charge is 0.478 e. The zero-order valence-electron chi connectivity index (χ0n) is 9.63. The lowest BCUT2D eigenvalue weighted by Crippen LogP contribution is -2.16. The standard InChI is InChI=1S/C11H7BrFNO4S2/c12-6-3-8(11(15)16)10(13)9(4-6)20(17,18)14-7-1-2-19-5-7/h1-5,14H,(H,15,16). The van der Waals surface area contributed by atoms with Crippen molar-refractivity contribution in [2.24, 2.45) is 0 Å². The number of rotatable bonds is 4. The van der Waals surface area contributed by atoms with E-state index in [1.165, 1.54) is 22.8 Å². The third-order valence-electron chi connectivity index (χ3n) is 2.30. The smallest absolute Gasteiger partial charge is 0.338 e. The molecule has 9 heteroatoms. The summed E-state index contributed by atoms with van der Waals surface area (Å²) in [5.41, 5.74) is -0.434. The molecule has 0 fully saturated rings. The summed E-state index contributed by atoms with van der Waals surface area (Å²) in [5.74, 6) is -2.85. The Kier molecular flexibility index (Phi) is 4.11. The van der Waals surface area contributed by atoms with Crippen molar-refractivity contribution in [2.45, 2.75) is 4.90 Å². The third kappa shape index (κ3) is 3.00. The van der Waals surface area contributed by atoms with Crippen molar-refractivity contribution < 1.29 is 22.7 Å². The van der Waals surface area contributed by atoms with Crippen LogP contribution in [0.5, 0.6) is 0 Å². The molecule has 2 aromatic rings. The van der Waals surface area contributed by atoms with Gasteiger partial charge in [-0.15, -0.1) is 0 Å². The molecule has 106 valence electrons. The van der Waals surface area contributed by atoms with Gasteiger partial charge in [0.2, 0.25) is 0 Å². The van der Waals surface area contributed by atoms with Gasteiger partial charge in [0.15, 0.2) is 5.82 Å². The molecule has 2 rings (SSSR count). The van der Waals surface area contributed by atoms with Gasteiger partial charge in [0, 0.05) is 9.85 Å². The number of aromatic carboxylic acids is 1. The minimum Gasteiger partial charge on any atom is -0.478 e. The molecule has 2 N–H and O–H groups in total. The monoisotopic (exact) mass is 379 g/mol. The van der Waals surface area contributed by atoms with Gasteiger partial charge in [0.25, 0.3) is 10.0 Å². The second kappa shape index (κ2) is 5.51. The highest BCUT2D eigenvalue weighted by atomic mass is 79.9. The SMILES string of the molecule is O=C(O)c1cc(Br)cc(S(=O)(=O)Nc2ccsc2)c1F. The van der Waals surface area contributed by atoms with E-state index in [9.17, 15) is 17.6 Å². The van der Waals surface area contributed by atoms with E-state index in [4.69, 9.17) is 5.11 Å². The van der Waals surface area contributed by atoms with Crippen molar-refractivity contribution in [1.29, 1.82) is 0 Å². The fraction of sp³-hybridized carbons (Fsp3) is 0. The minimum atomic E-state index is -4.20. The molecule has 0 saturated heterocycles. The highest BCUT2D eigenvalue weighted by molar-refractivity contribution is 9.10. The lowest BCUT2D eigenvalue weighted by Gasteiger charge is -2.09. The highest BCUT2D eigenvalue weighted by Gasteiger charge is 2.25. The van der Waals surface area contributed by atoms with Crippen LogP contribution in [0.1, 0.15) is 10.4 Å². The second-order valence-corrected chi connectivity index (χ2v) is 7.03. The zero-order valence-corrected chi connectivity index (χ0v) is 12.9. The van der Waals surface area contributed by atoms with E-state index in [1.807, 2.05) is 0 Å². The van der Waals surface area contributed by atoms with E-state index in [-0.39, 0.29) is 10.2 Å². The number of hydrogen-bond acceptors (Lipinski definition) is 4. The van der Waals surface area contributed by atoms with Crippen molar-refractivity contribution in [2.75, 3.05) is 4.72 Å². The molecule has 1 aromatic carbocycles. The molecule has 0 spiro atoms. The van der Waals surface area contributed by atoms with Gasteiger partial charge in [-0.3, -0.25) is 4.72 Å². The summed E-state index contributed by atoms with van der Waals surface area (Å²) in [6.45, 7) is 0. The molecule has 1 heterocycles. The number of sulfonamides is 1. The molecular weight excluding hydrogens is 373 g/mol. The van der Waals surface area contributed by atoms with E-state index in [0.717, 1.165) is 12.1 Å². The third-order valence-corrected chi connectivity index (χ3v) is 4.82. The Hall–Kier alpha value is -1.45. The van der Waals surface area contributed by atoms with Gasteiger partial charge in [-0.25, -0.2) is 17.6 Å². The van der Waals surface area contributed by atoms with Crippen LogP contribution >= 0.6 is 27.3 Å². The molecule has 0 unspecified atom stereocenters. The van der Waals surface area contributed by atoms with E-state index in [1.54, 1.807) is 5.38 Å². The number of carboxylic acid groups (broad SMARTS) is 1. The number of benzene rings is 1. The molecule has 0 saturated carbocycles. The van der Waals surface area contributed by atoms with Gasteiger partial charge >= 0.3 is 5.97 Å². The van der Waals surface area contributed by atoms with Gasteiger partial charge in [0.05, 0.1) is 11.3 Å². The summed E-state index contributed by atoms with van der Waals surface area (Å²) in [6, 6.07) is 3.52. The van der Waals surface area contributed by atoms with Crippen LogP contribution in [-0.2, 0) is 10.0 Å². The van der Waals surface area contributed by atoms with Crippen molar-refractivity contribution >= 4 is 48.9 Å². The molecule has 0 aliphatic carbocycles. The lowest BCUT2D eigenvalue weighted by molar-refractivity contribution is 0.0691. The summed E-state index contributed by atoms with van der Waals surface area (Å²) in [5, 5.41) is 12.0. The molecule has 0 radical (unpaired) electrons. The van der Waals surface area contributed by atoms with E-state index >= 15 is 0 Å². The van der Waals surface area contributed by atoms with E-state index in [2.05, 4.69) is 20.7 Å². The zero-order chi connectivity index (χ0) is 14.9. The topological polar surface area (TPSA) is 83.5 Å². The maximum Gasteiger partial charge on any atom is 0.338 e. The molecule has 0 atom stereocenters. The molecule has 0 aliphatic rings. The van der Waals surface area contributed by atoms with Gasteiger partial charge in [-0.2, -0.15) is 11.3 Å². The highest BCUT2D eigenvalue weighted by Crippen LogP contribution is 2.26. The van der Waals surface area contributed by atoms with Crippen LogP contribution in [0.3, 0.4) is 0 Å². The van der Waals surface area contributed by atoms with E-state index < -0.39 is 32.3 Å². The summed E-state index contributed by atoms with van der Waals surface area (Å²) >= 11 is 4.23. The van der Waals surface area contributed by atoms with Crippen molar-refractivity contribution in [3.05, 3.63) is 44.8 Å². The van der Waals surface area contributed by atoms with Crippen LogP contribution in [0.15, 0.2) is 38.3 Å². The van der Waals surface area contributed by atoms with Gasteiger partial charge in [-0.1, -0.05) is 15.9 Å². The Morgan fingerprint density at radius 1 is 1.40 bits per heavy atom.